The molecule has 0 saturated carbocycles. The van der Waals surface area contributed by atoms with Crippen molar-refractivity contribution in [3.05, 3.63) is 103 Å². The first-order chi connectivity index (χ1) is 17.4. The summed E-state index contributed by atoms with van der Waals surface area (Å²) in [5, 5.41) is 12.8. The number of thiazole rings is 1. The van der Waals surface area contributed by atoms with E-state index in [0.29, 0.717) is 34.0 Å². The van der Waals surface area contributed by atoms with Crippen molar-refractivity contribution in [2.45, 2.75) is 20.8 Å². The molecular formula is C28H24N4O3S. The van der Waals surface area contributed by atoms with Gasteiger partial charge in [-0.3, -0.25) is 19.1 Å². The summed E-state index contributed by atoms with van der Waals surface area (Å²) in [6, 6.07) is 20.1. The van der Waals surface area contributed by atoms with Gasteiger partial charge >= 0.3 is 0 Å². The van der Waals surface area contributed by atoms with Gasteiger partial charge in [0.1, 0.15) is 16.5 Å². The quantitative estimate of drug-likeness (QED) is 0.441. The third-order valence-corrected chi connectivity index (χ3v) is 6.46. The molecule has 4 rings (SSSR count). The van der Waals surface area contributed by atoms with Gasteiger partial charge < -0.3 is 10.1 Å². The van der Waals surface area contributed by atoms with Crippen LogP contribution in [0.15, 0.2) is 71.7 Å². The molecule has 0 atom stereocenters. The van der Waals surface area contributed by atoms with Crippen LogP contribution in [0.25, 0.3) is 17.3 Å². The number of hydrogen-bond acceptors (Lipinski definition) is 6. The van der Waals surface area contributed by atoms with Gasteiger partial charge in [0, 0.05) is 6.20 Å². The normalized spacial score (nSPS) is 12.1. The Balaban J connectivity index is 1.97. The van der Waals surface area contributed by atoms with E-state index in [0.717, 1.165) is 22.5 Å². The number of anilines is 1. The second-order valence-corrected chi connectivity index (χ2v) is 9.00. The Hall–Kier alpha value is -4.48. The number of carbonyl (C=O) groups is 1. The zero-order valence-electron chi connectivity index (χ0n) is 20.1. The number of nitrogens with zero attached hydrogens (tertiary/aromatic N) is 3. The van der Waals surface area contributed by atoms with Crippen molar-refractivity contribution in [1.29, 1.82) is 5.26 Å². The number of aryl methyl sites for hydroxylation is 2. The van der Waals surface area contributed by atoms with E-state index >= 15 is 0 Å². The minimum absolute atomic E-state index is 0.177. The first-order valence-corrected chi connectivity index (χ1v) is 12.1. The van der Waals surface area contributed by atoms with E-state index in [2.05, 4.69) is 10.3 Å². The third-order valence-electron chi connectivity index (χ3n) is 5.37. The molecule has 0 saturated heterocycles. The zero-order valence-corrected chi connectivity index (χ0v) is 20.9. The lowest BCUT2D eigenvalue weighted by Gasteiger charge is -2.11. The summed E-state index contributed by atoms with van der Waals surface area (Å²) in [7, 11) is 0. The standard InChI is InChI=1S/C28H24N4O3S/c1-4-35-24-11-6-5-10-22(24)31-26(33)21(17-29)28-32(23-13-12-18(2)15-19(23)3)27(34)25(36-28)16-20-9-7-8-14-30-20/h5-16H,4H2,1-3H3,(H,31,33)/b25-16-,28-21-. The Kier molecular flexibility index (Phi) is 7.42. The van der Waals surface area contributed by atoms with Crippen LogP contribution in [0.5, 0.6) is 5.75 Å². The van der Waals surface area contributed by atoms with Crippen LogP contribution in [0, 0.1) is 25.2 Å². The van der Waals surface area contributed by atoms with Gasteiger partial charge in [-0.2, -0.15) is 5.26 Å². The summed E-state index contributed by atoms with van der Waals surface area (Å²) >= 11 is 1.08. The van der Waals surface area contributed by atoms with Gasteiger partial charge in [-0.15, -0.1) is 11.3 Å². The number of benzene rings is 2. The van der Waals surface area contributed by atoms with Crippen molar-refractivity contribution < 1.29 is 9.53 Å². The fraction of sp³-hybridized carbons (Fsp3) is 0.143. The maximum absolute atomic E-state index is 13.6. The highest BCUT2D eigenvalue weighted by Gasteiger charge is 2.19. The summed E-state index contributed by atoms with van der Waals surface area (Å²) < 4.78 is 7.63. The molecular weight excluding hydrogens is 472 g/mol. The van der Waals surface area contributed by atoms with Crippen molar-refractivity contribution in [2.24, 2.45) is 0 Å². The maximum atomic E-state index is 13.6. The molecule has 0 fully saturated rings. The summed E-state index contributed by atoms with van der Waals surface area (Å²) in [5.41, 5.74) is 3.02. The molecule has 0 aliphatic carbocycles. The number of aromatic nitrogens is 2. The maximum Gasteiger partial charge on any atom is 0.273 e. The number of pyridine rings is 1. The monoisotopic (exact) mass is 496 g/mol. The van der Waals surface area contributed by atoms with Crippen molar-refractivity contribution in [2.75, 3.05) is 11.9 Å². The number of carbonyl (C=O) groups excluding carboxylic acids is 1. The first kappa shape index (κ1) is 24.6. The number of nitrogens with one attached hydrogen (secondary N) is 1. The van der Waals surface area contributed by atoms with E-state index < -0.39 is 5.91 Å². The van der Waals surface area contributed by atoms with E-state index in [1.165, 1.54) is 4.57 Å². The highest BCUT2D eigenvalue weighted by atomic mass is 32.1. The van der Waals surface area contributed by atoms with Crippen LogP contribution >= 0.6 is 11.3 Å². The smallest absolute Gasteiger partial charge is 0.273 e. The number of amides is 1. The van der Waals surface area contributed by atoms with Gasteiger partial charge in [-0.05, 0) is 62.7 Å². The van der Waals surface area contributed by atoms with Crippen LogP contribution in [0.3, 0.4) is 0 Å². The van der Waals surface area contributed by atoms with Crippen molar-refractivity contribution in [3.8, 4) is 17.5 Å². The lowest BCUT2D eigenvalue weighted by molar-refractivity contribution is -0.111. The van der Waals surface area contributed by atoms with Gasteiger partial charge in [0.2, 0.25) is 0 Å². The van der Waals surface area contributed by atoms with E-state index in [1.54, 1.807) is 48.7 Å². The highest BCUT2D eigenvalue weighted by molar-refractivity contribution is 7.07. The van der Waals surface area contributed by atoms with E-state index in [9.17, 15) is 14.9 Å². The van der Waals surface area contributed by atoms with Crippen LogP contribution in [0.2, 0.25) is 0 Å². The highest BCUT2D eigenvalue weighted by Crippen LogP contribution is 2.24. The molecule has 2 heterocycles. The molecule has 7 nitrogen and oxygen atoms in total. The molecule has 36 heavy (non-hydrogen) atoms. The fourth-order valence-electron chi connectivity index (χ4n) is 3.75. The molecule has 2 aromatic carbocycles. The third kappa shape index (κ3) is 5.11. The van der Waals surface area contributed by atoms with Crippen molar-refractivity contribution in [3.63, 3.8) is 0 Å². The molecule has 0 bridgehead atoms. The molecule has 0 unspecified atom stereocenters. The fourth-order valence-corrected chi connectivity index (χ4v) is 4.83. The van der Waals surface area contributed by atoms with Crippen LogP contribution in [-0.2, 0) is 4.79 Å². The Morgan fingerprint density at radius 1 is 1.17 bits per heavy atom. The molecule has 8 heteroatoms. The molecule has 0 aliphatic rings. The molecule has 180 valence electrons. The lowest BCUT2D eigenvalue weighted by Crippen LogP contribution is -2.32. The van der Waals surface area contributed by atoms with Gasteiger partial charge in [-0.25, -0.2) is 0 Å². The number of rotatable bonds is 6. The van der Waals surface area contributed by atoms with Crippen LogP contribution in [-0.4, -0.2) is 22.1 Å². The van der Waals surface area contributed by atoms with Crippen LogP contribution < -0.4 is 24.8 Å². The van der Waals surface area contributed by atoms with Gasteiger partial charge in [-0.1, -0.05) is 35.9 Å². The average Bonchev–Trinajstić information content (AvgIpc) is 3.17. The van der Waals surface area contributed by atoms with Crippen molar-refractivity contribution in [1.82, 2.24) is 9.55 Å². The SMILES string of the molecule is CCOc1ccccc1NC(=O)/C(C#N)=c1\s/c(=C\c2ccccn2)c(=O)n1-c1ccc(C)cc1C. The Morgan fingerprint density at radius 3 is 2.64 bits per heavy atom. The van der Waals surface area contributed by atoms with Crippen LogP contribution in [0.4, 0.5) is 5.69 Å². The Morgan fingerprint density at radius 2 is 1.94 bits per heavy atom. The first-order valence-electron chi connectivity index (χ1n) is 11.3. The molecule has 0 radical (unpaired) electrons. The second kappa shape index (κ2) is 10.8. The summed E-state index contributed by atoms with van der Waals surface area (Å²) in [4.78, 5) is 31.2. The van der Waals surface area contributed by atoms with Crippen molar-refractivity contribution >= 4 is 34.6 Å². The molecule has 2 aromatic heterocycles. The Bertz CT molecular complexity index is 1650. The lowest BCUT2D eigenvalue weighted by atomic mass is 10.1. The second-order valence-electron chi connectivity index (χ2n) is 7.97. The molecule has 4 aromatic rings. The molecule has 0 aliphatic heterocycles. The molecule has 1 N–H and O–H groups in total. The topological polar surface area (TPSA) is 97.0 Å². The number of nitriles is 1. The van der Waals surface area contributed by atoms with Gasteiger partial charge in [0.05, 0.1) is 28.2 Å². The predicted octanol–water partition coefficient (Wildman–Crippen LogP) is 3.45. The van der Waals surface area contributed by atoms with E-state index in [4.69, 9.17) is 4.74 Å². The number of hydrogen-bond donors (Lipinski definition) is 1. The van der Waals surface area contributed by atoms with E-state index in [1.807, 2.05) is 51.1 Å². The number of para-hydroxylation sites is 2. The summed E-state index contributed by atoms with van der Waals surface area (Å²) in [6.45, 7) is 6.12. The molecule has 1 amide bonds. The summed E-state index contributed by atoms with van der Waals surface area (Å²) in [5.74, 6) is -0.137. The number of ether oxygens (including phenoxy) is 1. The minimum Gasteiger partial charge on any atom is -0.492 e. The Labute approximate surface area is 212 Å². The summed E-state index contributed by atoms with van der Waals surface area (Å²) in [6.07, 6.45) is 3.30. The van der Waals surface area contributed by atoms with E-state index in [-0.39, 0.29) is 15.8 Å². The zero-order chi connectivity index (χ0) is 25.7. The predicted molar refractivity (Wildman–Crippen MR) is 142 cm³/mol. The van der Waals surface area contributed by atoms with Crippen LogP contribution in [0.1, 0.15) is 23.7 Å². The largest absolute Gasteiger partial charge is 0.492 e. The average molecular weight is 497 g/mol. The van der Waals surface area contributed by atoms with Gasteiger partial charge in [0.25, 0.3) is 11.5 Å². The molecule has 0 spiro atoms. The van der Waals surface area contributed by atoms with Gasteiger partial charge in [0.15, 0.2) is 5.57 Å². The minimum atomic E-state index is -0.631.